The largest absolute Gasteiger partial charge is 0.483 e. The fraction of sp³-hybridized carbons (Fsp3) is 0.385. The van der Waals surface area contributed by atoms with Crippen molar-refractivity contribution in [2.45, 2.75) is 18.9 Å². The van der Waals surface area contributed by atoms with E-state index in [9.17, 15) is 9.59 Å². The Morgan fingerprint density at radius 3 is 2.75 bits per heavy atom. The summed E-state index contributed by atoms with van der Waals surface area (Å²) in [4.78, 5) is 22.9. The van der Waals surface area contributed by atoms with E-state index in [2.05, 4.69) is 26.6 Å². The van der Waals surface area contributed by atoms with Gasteiger partial charge in [0.15, 0.2) is 6.61 Å². The van der Waals surface area contributed by atoms with E-state index in [0.717, 1.165) is 12.8 Å². The number of rotatable bonds is 6. The number of halogens is 2. The summed E-state index contributed by atoms with van der Waals surface area (Å²) >= 11 is 9.09. The molecular formula is C13H14BrClN2O3. The Hall–Kier alpha value is -1.27. The molecule has 1 aromatic carbocycles. The van der Waals surface area contributed by atoms with E-state index < -0.39 is 0 Å². The highest BCUT2D eigenvalue weighted by Gasteiger charge is 2.23. The van der Waals surface area contributed by atoms with Gasteiger partial charge in [-0.05, 0) is 47.0 Å². The van der Waals surface area contributed by atoms with Crippen molar-refractivity contribution in [1.29, 1.82) is 0 Å². The number of ether oxygens (including phenoxy) is 1. The van der Waals surface area contributed by atoms with Crippen molar-refractivity contribution < 1.29 is 14.3 Å². The van der Waals surface area contributed by atoms with E-state index in [1.807, 2.05) is 0 Å². The third kappa shape index (κ3) is 5.02. The van der Waals surface area contributed by atoms with Gasteiger partial charge in [-0.3, -0.25) is 9.59 Å². The number of carbonyl (C=O) groups is 2. The van der Waals surface area contributed by atoms with Gasteiger partial charge in [0, 0.05) is 11.1 Å². The van der Waals surface area contributed by atoms with Crippen molar-refractivity contribution in [1.82, 2.24) is 10.6 Å². The van der Waals surface area contributed by atoms with Gasteiger partial charge in [0.05, 0.1) is 11.0 Å². The summed E-state index contributed by atoms with van der Waals surface area (Å²) in [5, 5.41) is 5.86. The van der Waals surface area contributed by atoms with Crippen LogP contribution < -0.4 is 15.4 Å². The van der Waals surface area contributed by atoms with E-state index in [1.54, 1.807) is 18.2 Å². The molecule has 2 N–H and O–H groups in total. The van der Waals surface area contributed by atoms with Gasteiger partial charge in [0.2, 0.25) is 5.91 Å². The van der Waals surface area contributed by atoms with Gasteiger partial charge in [0.1, 0.15) is 5.75 Å². The summed E-state index contributed by atoms with van der Waals surface area (Å²) in [5.41, 5.74) is 0. The molecule has 1 aliphatic rings. The third-order valence-electron chi connectivity index (χ3n) is 2.64. The Morgan fingerprint density at radius 1 is 1.35 bits per heavy atom. The molecule has 0 spiro atoms. The summed E-state index contributed by atoms with van der Waals surface area (Å²) in [7, 11) is 0. The quantitative estimate of drug-likeness (QED) is 0.813. The van der Waals surface area contributed by atoms with Crippen LogP contribution in [0.15, 0.2) is 22.7 Å². The van der Waals surface area contributed by atoms with Crippen molar-refractivity contribution in [2.24, 2.45) is 0 Å². The van der Waals surface area contributed by atoms with E-state index in [0.29, 0.717) is 21.3 Å². The molecule has 0 heterocycles. The molecule has 1 aliphatic carbocycles. The van der Waals surface area contributed by atoms with Crippen molar-refractivity contribution in [3.8, 4) is 5.75 Å². The molecule has 1 saturated carbocycles. The van der Waals surface area contributed by atoms with Crippen molar-refractivity contribution >= 4 is 39.3 Å². The summed E-state index contributed by atoms with van der Waals surface area (Å²) in [5.74, 6) is -0.00157. The number of hydrogen-bond donors (Lipinski definition) is 2. The number of amides is 2. The maximum absolute atomic E-state index is 11.5. The highest BCUT2D eigenvalue weighted by molar-refractivity contribution is 9.10. The van der Waals surface area contributed by atoms with Gasteiger partial charge < -0.3 is 15.4 Å². The topological polar surface area (TPSA) is 67.4 Å². The molecule has 1 fully saturated rings. The molecule has 0 atom stereocenters. The molecular weight excluding hydrogens is 348 g/mol. The second-order valence-electron chi connectivity index (χ2n) is 4.48. The van der Waals surface area contributed by atoms with Crippen LogP contribution in [0.4, 0.5) is 0 Å². The van der Waals surface area contributed by atoms with Crippen LogP contribution in [0.5, 0.6) is 5.75 Å². The van der Waals surface area contributed by atoms with Gasteiger partial charge in [-0.15, -0.1) is 0 Å². The Kier molecular flexibility index (Phi) is 5.25. The van der Waals surface area contributed by atoms with E-state index in [1.165, 1.54) is 0 Å². The maximum atomic E-state index is 11.5. The number of hydrogen-bond acceptors (Lipinski definition) is 3. The minimum absolute atomic E-state index is 0.0273. The normalized spacial score (nSPS) is 13.7. The molecule has 0 radical (unpaired) electrons. The van der Waals surface area contributed by atoms with Crippen LogP contribution in [-0.4, -0.2) is 31.0 Å². The molecule has 20 heavy (non-hydrogen) atoms. The summed E-state index contributed by atoms with van der Waals surface area (Å²) in [6.45, 7) is -0.183. The first-order valence-corrected chi connectivity index (χ1v) is 7.35. The average Bonchev–Trinajstić information content (AvgIpc) is 3.19. The molecule has 0 saturated heterocycles. The van der Waals surface area contributed by atoms with Crippen LogP contribution in [0.2, 0.25) is 5.02 Å². The second-order valence-corrected chi connectivity index (χ2v) is 5.77. The molecule has 7 heteroatoms. The van der Waals surface area contributed by atoms with Crippen LogP contribution in [0.25, 0.3) is 0 Å². The lowest BCUT2D eigenvalue weighted by molar-refractivity contribution is -0.127. The molecule has 0 bridgehead atoms. The van der Waals surface area contributed by atoms with Crippen LogP contribution in [0, 0.1) is 0 Å². The Labute approximate surface area is 130 Å². The fourth-order valence-electron chi connectivity index (χ4n) is 1.47. The zero-order valence-electron chi connectivity index (χ0n) is 10.6. The monoisotopic (exact) mass is 360 g/mol. The van der Waals surface area contributed by atoms with Crippen LogP contribution in [-0.2, 0) is 9.59 Å². The van der Waals surface area contributed by atoms with Crippen LogP contribution >= 0.6 is 27.5 Å². The Bertz CT molecular complexity index is 520. The zero-order valence-corrected chi connectivity index (χ0v) is 13.0. The van der Waals surface area contributed by atoms with Gasteiger partial charge in [0.25, 0.3) is 5.91 Å². The summed E-state index contributed by atoms with van der Waals surface area (Å²) < 4.78 is 6.00. The standard InChI is InChI=1S/C13H14BrClN2O3/c14-10-5-8(15)1-4-11(10)20-7-13(19)16-6-12(18)17-9-2-3-9/h1,4-5,9H,2-3,6-7H2,(H,16,19)(H,17,18). The first kappa shape index (κ1) is 15.1. The smallest absolute Gasteiger partial charge is 0.258 e. The third-order valence-corrected chi connectivity index (χ3v) is 3.50. The molecule has 5 nitrogen and oxygen atoms in total. The molecule has 2 amide bonds. The van der Waals surface area contributed by atoms with E-state index >= 15 is 0 Å². The molecule has 1 aromatic rings. The van der Waals surface area contributed by atoms with Gasteiger partial charge in [-0.2, -0.15) is 0 Å². The Balaban J connectivity index is 1.70. The summed E-state index contributed by atoms with van der Waals surface area (Å²) in [6, 6.07) is 5.31. The zero-order chi connectivity index (χ0) is 14.5. The van der Waals surface area contributed by atoms with E-state index in [4.69, 9.17) is 16.3 Å². The van der Waals surface area contributed by atoms with Crippen molar-refractivity contribution in [3.63, 3.8) is 0 Å². The minimum Gasteiger partial charge on any atom is -0.483 e. The van der Waals surface area contributed by atoms with E-state index in [-0.39, 0.29) is 25.0 Å². The first-order chi connectivity index (χ1) is 9.54. The highest BCUT2D eigenvalue weighted by Crippen LogP contribution is 2.27. The van der Waals surface area contributed by atoms with Crippen LogP contribution in [0.1, 0.15) is 12.8 Å². The van der Waals surface area contributed by atoms with Gasteiger partial charge in [-0.25, -0.2) is 0 Å². The highest BCUT2D eigenvalue weighted by atomic mass is 79.9. The fourth-order valence-corrected chi connectivity index (χ4v) is 2.27. The lowest BCUT2D eigenvalue weighted by Gasteiger charge is -2.09. The Morgan fingerprint density at radius 2 is 2.10 bits per heavy atom. The molecule has 108 valence electrons. The first-order valence-electron chi connectivity index (χ1n) is 6.18. The van der Waals surface area contributed by atoms with Crippen molar-refractivity contribution in [2.75, 3.05) is 13.2 Å². The lowest BCUT2D eigenvalue weighted by Crippen LogP contribution is -2.39. The van der Waals surface area contributed by atoms with Crippen molar-refractivity contribution in [3.05, 3.63) is 27.7 Å². The lowest BCUT2D eigenvalue weighted by atomic mass is 10.3. The average molecular weight is 362 g/mol. The minimum atomic E-state index is -0.349. The SMILES string of the molecule is O=C(COc1ccc(Cl)cc1Br)NCC(=O)NC1CC1. The van der Waals surface area contributed by atoms with Gasteiger partial charge in [-0.1, -0.05) is 11.6 Å². The number of carbonyl (C=O) groups excluding carboxylic acids is 2. The van der Waals surface area contributed by atoms with Gasteiger partial charge >= 0.3 is 0 Å². The predicted octanol–water partition coefficient (Wildman–Crippen LogP) is 1.88. The predicted molar refractivity (Wildman–Crippen MR) is 78.8 cm³/mol. The summed E-state index contributed by atoms with van der Waals surface area (Å²) in [6.07, 6.45) is 2.04. The number of nitrogens with one attached hydrogen (secondary N) is 2. The number of benzene rings is 1. The maximum Gasteiger partial charge on any atom is 0.258 e. The molecule has 2 rings (SSSR count). The second kappa shape index (κ2) is 6.95. The molecule has 0 unspecified atom stereocenters. The molecule has 0 aliphatic heterocycles. The molecule has 0 aromatic heterocycles. The van der Waals surface area contributed by atoms with Crippen LogP contribution in [0.3, 0.4) is 0 Å².